The number of hydrogen-bond donors (Lipinski definition) is 0. The Kier molecular flexibility index (Phi) is 12.3. The molecule has 7 heteroatoms. The second-order valence-corrected chi connectivity index (χ2v) is 19.9. The van der Waals surface area contributed by atoms with E-state index in [0.29, 0.717) is 0 Å². The van der Waals surface area contributed by atoms with Crippen LogP contribution >= 0.6 is 17.2 Å². The van der Waals surface area contributed by atoms with E-state index in [0.717, 1.165) is 17.5 Å². The van der Waals surface area contributed by atoms with E-state index in [1.807, 2.05) is 42.7 Å². The maximum atomic E-state index is 4.84. The molecule has 0 aliphatic heterocycles. The van der Waals surface area contributed by atoms with Crippen LogP contribution in [0.4, 0.5) is 0 Å². The summed E-state index contributed by atoms with van der Waals surface area (Å²) in [5, 5.41) is -0.276. The smallest absolute Gasteiger partial charge is 0.0769 e. The van der Waals surface area contributed by atoms with Gasteiger partial charge in [-0.3, -0.25) is 19.9 Å². The average molecular weight is 659 g/mol. The van der Waals surface area contributed by atoms with Crippen molar-refractivity contribution in [3.8, 4) is 0 Å². The van der Waals surface area contributed by atoms with Crippen molar-refractivity contribution in [2.45, 2.75) is 116 Å². The Hall–Kier alpha value is -1.76. The molecule has 0 saturated heterocycles. The molecule has 0 aliphatic rings. The Balaban J connectivity index is 0.000000973. The van der Waals surface area contributed by atoms with Crippen LogP contribution < -0.4 is 0 Å². The molecule has 4 aromatic rings. The fraction of sp³-hybridized carbons (Fsp3) is 0.500. The van der Waals surface area contributed by atoms with Crippen molar-refractivity contribution in [1.82, 2.24) is 19.9 Å². The summed E-state index contributed by atoms with van der Waals surface area (Å²) in [5.74, 6) is 0. The van der Waals surface area contributed by atoms with Crippen molar-refractivity contribution < 1.29 is 17.1 Å². The van der Waals surface area contributed by atoms with Gasteiger partial charge < -0.3 is 30.3 Å². The first kappa shape index (κ1) is 37.4. The molecular formula is C36H52FeN4P2-6. The second-order valence-electron chi connectivity index (χ2n) is 15.2. The standard InChI is InChI=1S/C31H47N4P2.C5H5.Fe/c1-27(2,3)23-17-22(31(36,24-18-32-13-15-34-24)25-19-33-14-16-35-25)21(26(23)28(4,5)6)20-37(29(7,8)9)30(10,11)12;1-2-4-5-3-1;/h13-19H,20,36H2,1-12H3;1-5H;/q-1;-5;. The molecule has 0 N–H and O–H groups in total. The van der Waals surface area contributed by atoms with Crippen molar-refractivity contribution in [2.75, 3.05) is 0 Å². The van der Waals surface area contributed by atoms with Crippen molar-refractivity contribution in [1.29, 1.82) is 0 Å². The Morgan fingerprint density at radius 2 is 1.09 bits per heavy atom. The SMILES string of the molecule is CC(C)(C)c1cc(C(P)(c2cnccn2)c2cnccn2)[c-](CP(C(C)(C)C)C(C)(C)C)c1C(C)(C)C.[Fe].[cH-]1[cH-][cH-][cH-][cH-]1. The molecule has 0 bridgehead atoms. The van der Waals surface area contributed by atoms with Gasteiger partial charge >= 0.3 is 0 Å². The van der Waals surface area contributed by atoms with Gasteiger partial charge in [0.15, 0.2) is 0 Å². The van der Waals surface area contributed by atoms with Gasteiger partial charge in [-0.25, -0.2) is 6.07 Å². The second kappa shape index (κ2) is 14.1. The molecule has 2 aromatic carbocycles. The van der Waals surface area contributed by atoms with Crippen LogP contribution in [0.1, 0.15) is 117 Å². The summed E-state index contributed by atoms with van der Waals surface area (Å²) in [6.45, 7) is 28.5. The van der Waals surface area contributed by atoms with E-state index in [1.165, 1.54) is 22.3 Å². The molecule has 0 spiro atoms. The summed E-state index contributed by atoms with van der Waals surface area (Å²) in [6.07, 6.45) is 11.8. The number of rotatable bonds is 5. The number of nitrogens with zero attached hydrogens (tertiary/aromatic N) is 4. The van der Waals surface area contributed by atoms with E-state index in [1.54, 1.807) is 24.8 Å². The van der Waals surface area contributed by atoms with Gasteiger partial charge in [-0.05, 0) is 15.7 Å². The van der Waals surface area contributed by atoms with Crippen LogP contribution in [0.25, 0.3) is 0 Å². The van der Waals surface area contributed by atoms with E-state index >= 15 is 0 Å². The van der Waals surface area contributed by atoms with Crippen LogP contribution in [0.3, 0.4) is 0 Å². The first-order valence-electron chi connectivity index (χ1n) is 14.9. The first-order chi connectivity index (χ1) is 19.3. The topological polar surface area (TPSA) is 51.6 Å². The zero-order valence-electron chi connectivity index (χ0n) is 28.3. The van der Waals surface area contributed by atoms with Crippen LogP contribution in [0.5, 0.6) is 0 Å². The Morgan fingerprint density at radius 1 is 0.674 bits per heavy atom. The summed E-state index contributed by atoms with van der Waals surface area (Å²) in [6, 6.07) is 12.4. The number of hydrogen-bond acceptors (Lipinski definition) is 4. The van der Waals surface area contributed by atoms with Crippen LogP contribution in [0.2, 0.25) is 0 Å². The molecule has 1 atom stereocenters. The molecule has 0 radical (unpaired) electrons. The fourth-order valence-electron chi connectivity index (χ4n) is 5.94. The Morgan fingerprint density at radius 3 is 1.40 bits per heavy atom. The van der Waals surface area contributed by atoms with E-state index in [2.05, 4.69) is 108 Å². The Labute approximate surface area is 275 Å². The van der Waals surface area contributed by atoms with Gasteiger partial charge in [-0.1, -0.05) is 94.7 Å². The van der Waals surface area contributed by atoms with E-state index in [4.69, 9.17) is 9.97 Å². The maximum Gasteiger partial charge on any atom is 0.0769 e. The minimum atomic E-state index is -0.669. The van der Waals surface area contributed by atoms with Crippen molar-refractivity contribution in [3.05, 3.63) is 107 Å². The molecule has 2 heterocycles. The van der Waals surface area contributed by atoms with Crippen molar-refractivity contribution >= 4 is 17.2 Å². The van der Waals surface area contributed by atoms with Gasteiger partial charge in [-0.15, -0.1) is 28.3 Å². The average Bonchev–Trinajstić information content (AvgIpc) is 3.58. The molecular weight excluding hydrogens is 606 g/mol. The van der Waals surface area contributed by atoms with Crippen molar-refractivity contribution in [2.24, 2.45) is 0 Å². The van der Waals surface area contributed by atoms with E-state index in [-0.39, 0.29) is 46.1 Å². The summed E-state index contributed by atoms with van der Waals surface area (Å²) in [5.41, 5.74) is 7.26. The number of aromatic nitrogens is 4. The molecule has 0 amide bonds. The third-order valence-electron chi connectivity index (χ3n) is 7.59. The maximum absolute atomic E-state index is 4.84. The molecule has 0 aliphatic carbocycles. The van der Waals surface area contributed by atoms with Crippen molar-refractivity contribution in [3.63, 3.8) is 0 Å². The van der Waals surface area contributed by atoms with E-state index in [9.17, 15) is 0 Å². The van der Waals surface area contributed by atoms with Crippen LogP contribution in [-0.2, 0) is 39.2 Å². The summed E-state index contributed by atoms with van der Waals surface area (Å²) < 4.78 is 0. The molecule has 240 valence electrons. The summed E-state index contributed by atoms with van der Waals surface area (Å²) in [4.78, 5) is 18.6. The van der Waals surface area contributed by atoms with Gasteiger partial charge in [0.25, 0.3) is 0 Å². The summed E-state index contributed by atoms with van der Waals surface area (Å²) in [7, 11) is 2.75. The first-order valence-corrected chi connectivity index (χ1v) is 17.0. The quantitative estimate of drug-likeness (QED) is 0.122. The monoisotopic (exact) mass is 658 g/mol. The van der Waals surface area contributed by atoms with Crippen LogP contribution in [0, 0.1) is 0 Å². The van der Waals surface area contributed by atoms with Crippen LogP contribution in [-0.4, -0.2) is 30.2 Å². The minimum absolute atomic E-state index is 0. The van der Waals surface area contributed by atoms with Crippen LogP contribution in [0.15, 0.2) is 73.6 Å². The van der Waals surface area contributed by atoms with Gasteiger partial charge in [0.05, 0.1) is 16.5 Å². The Bertz CT molecular complexity index is 1320. The minimum Gasteiger partial charge on any atom is -0.748 e. The summed E-state index contributed by atoms with van der Waals surface area (Å²) >= 11 is 0. The zero-order chi connectivity index (χ0) is 31.6. The molecule has 2 aromatic heterocycles. The third kappa shape index (κ3) is 8.92. The molecule has 1 unspecified atom stereocenters. The predicted octanol–water partition coefficient (Wildman–Crippen LogP) is 9.73. The van der Waals surface area contributed by atoms with Gasteiger partial charge in [0.1, 0.15) is 0 Å². The van der Waals surface area contributed by atoms with E-state index < -0.39 is 5.16 Å². The molecule has 0 fully saturated rings. The molecule has 0 saturated carbocycles. The molecule has 4 nitrogen and oxygen atoms in total. The van der Waals surface area contributed by atoms with Gasteiger partial charge in [0.2, 0.25) is 0 Å². The normalized spacial score (nSPS) is 12.9. The van der Waals surface area contributed by atoms with Gasteiger partial charge in [0, 0.05) is 54.2 Å². The largest absolute Gasteiger partial charge is 0.748 e. The van der Waals surface area contributed by atoms with Gasteiger partial charge in [-0.2, -0.15) is 11.1 Å². The third-order valence-corrected chi connectivity index (χ3v) is 12.4. The molecule has 43 heavy (non-hydrogen) atoms. The molecule has 4 rings (SSSR count). The fourth-order valence-corrected chi connectivity index (χ4v) is 10.1. The predicted molar refractivity (Wildman–Crippen MR) is 185 cm³/mol. The zero-order valence-corrected chi connectivity index (χ0v) is 31.5.